The molecule has 1 aromatic heterocycles. The molecular weight excluding hydrogens is 150 g/mol. The van der Waals surface area contributed by atoms with Gasteiger partial charge in [-0.15, -0.1) is 4.57 Å². The van der Waals surface area contributed by atoms with Gasteiger partial charge in [0.05, 0.1) is 0 Å². The highest BCUT2D eigenvalue weighted by atomic mass is 16.1. The fraction of sp³-hybridized carbons (Fsp3) is 0.200. The van der Waals surface area contributed by atoms with Gasteiger partial charge in [0.2, 0.25) is 0 Å². The lowest BCUT2D eigenvalue weighted by atomic mass is 10.3. The second-order valence-electron chi connectivity index (χ2n) is 2.46. The number of carbonyl (C=O) groups is 1. The molecule has 0 aliphatic rings. The quantitative estimate of drug-likeness (QED) is 0.475. The van der Waals surface area contributed by atoms with Gasteiger partial charge in [-0.3, -0.25) is 0 Å². The first-order valence-electron chi connectivity index (χ1n) is 3.96. The van der Waals surface area contributed by atoms with Gasteiger partial charge in [-0.1, -0.05) is 19.6 Å². The van der Waals surface area contributed by atoms with Crippen LogP contribution in [0, 0.1) is 0 Å². The van der Waals surface area contributed by atoms with Crippen molar-refractivity contribution < 1.29 is 9.36 Å². The molecule has 1 rings (SSSR count). The molecule has 1 heterocycles. The molecule has 0 radical (unpaired) electrons. The van der Waals surface area contributed by atoms with Crippen LogP contribution < -0.4 is 4.57 Å². The van der Waals surface area contributed by atoms with Gasteiger partial charge in [0.25, 0.3) is 0 Å². The number of hydrogen-bond donors (Lipinski definition) is 0. The van der Waals surface area contributed by atoms with Gasteiger partial charge in [0, 0.05) is 24.6 Å². The monoisotopic (exact) mass is 162 g/mol. The highest BCUT2D eigenvalue weighted by Gasteiger charge is 2.13. The normalized spacial score (nSPS) is 9.42. The second kappa shape index (κ2) is 3.81. The minimum atomic E-state index is -0.0764. The number of allylic oxidation sites excluding steroid dienone is 1. The summed E-state index contributed by atoms with van der Waals surface area (Å²) in [5.41, 5.74) is 1.00. The second-order valence-corrected chi connectivity index (χ2v) is 2.46. The maximum atomic E-state index is 11.2. The van der Waals surface area contributed by atoms with Crippen LogP contribution in [0.15, 0.2) is 37.1 Å². The van der Waals surface area contributed by atoms with E-state index in [0.29, 0.717) is 0 Å². The third-order valence-corrected chi connectivity index (χ3v) is 1.72. The van der Waals surface area contributed by atoms with E-state index in [1.165, 1.54) is 6.08 Å². The molecule has 0 bridgehead atoms. The van der Waals surface area contributed by atoms with Crippen LogP contribution in [-0.4, -0.2) is 5.91 Å². The fourth-order valence-corrected chi connectivity index (χ4v) is 1.08. The lowest BCUT2D eigenvalue weighted by Crippen LogP contribution is -2.44. The number of pyridine rings is 1. The van der Waals surface area contributed by atoms with E-state index in [0.717, 1.165) is 12.1 Å². The number of hydrogen-bond acceptors (Lipinski definition) is 1. The predicted octanol–water partition coefficient (Wildman–Crippen LogP) is 1.36. The summed E-state index contributed by atoms with van der Waals surface area (Å²) in [6, 6.07) is 5.69. The van der Waals surface area contributed by atoms with Crippen LogP contribution in [0.3, 0.4) is 0 Å². The van der Waals surface area contributed by atoms with Crippen LogP contribution in [0.25, 0.3) is 0 Å². The van der Waals surface area contributed by atoms with Gasteiger partial charge in [-0.05, 0) is 0 Å². The van der Waals surface area contributed by atoms with Gasteiger partial charge >= 0.3 is 5.91 Å². The van der Waals surface area contributed by atoms with Crippen molar-refractivity contribution in [2.45, 2.75) is 13.3 Å². The minimum absolute atomic E-state index is 0.0764. The SMILES string of the molecule is C=CC(=O)[n+]1ccccc1CC. The first-order valence-corrected chi connectivity index (χ1v) is 3.96. The Labute approximate surface area is 72.2 Å². The zero-order chi connectivity index (χ0) is 8.97. The molecule has 12 heavy (non-hydrogen) atoms. The Morgan fingerprint density at radius 3 is 3.00 bits per heavy atom. The van der Waals surface area contributed by atoms with E-state index in [9.17, 15) is 4.79 Å². The van der Waals surface area contributed by atoms with E-state index < -0.39 is 0 Å². The van der Waals surface area contributed by atoms with Gasteiger partial charge in [0.1, 0.15) is 0 Å². The molecular formula is C10H12NO+. The van der Waals surface area contributed by atoms with Crippen LogP contribution >= 0.6 is 0 Å². The van der Waals surface area contributed by atoms with Crippen molar-refractivity contribution >= 4 is 5.91 Å². The highest BCUT2D eigenvalue weighted by molar-refractivity contribution is 5.78. The lowest BCUT2D eigenvalue weighted by molar-refractivity contribution is -0.578. The molecule has 0 atom stereocenters. The van der Waals surface area contributed by atoms with Gasteiger partial charge < -0.3 is 0 Å². The van der Waals surface area contributed by atoms with E-state index in [4.69, 9.17) is 0 Å². The molecule has 0 saturated carbocycles. The predicted molar refractivity (Wildman–Crippen MR) is 46.8 cm³/mol. The van der Waals surface area contributed by atoms with E-state index in [1.54, 1.807) is 10.8 Å². The molecule has 2 nitrogen and oxygen atoms in total. The Morgan fingerprint density at radius 1 is 1.67 bits per heavy atom. The van der Waals surface area contributed by atoms with Crippen LogP contribution in [0.4, 0.5) is 0 Å². The third kappa shape index (κ3) is 1.59. The standard InChI is InChI=1S/C10H12NO/c1-3-9-7-5-6-8-11(9)10(12)4-2/h4-8H,2-3H2,1H3/q+1. The Bertz CT molecular complexity index is 304. The molecule has 0 spiro atoms. The topological polar surface area (TPSA) is 20.9 Å². The van der Waals surface area contributed by atoms with E-state index in [2.05, 4.69) is 6.58 Å². The van der Waals surface area contributed by atoms with Crippen molar-refractivity contribution in [2.24, 2.45) is 0 Å². The van der Waals surface area contributed by atoms with E-state index in [-0.39, 0.29) is 5.91 Å². The fourth-order valence-electron chi connectivity index (χ4n) is 1.08. The zero-order valence-corrected chi connectivity index (χ0v) is 7.16. The van der Waals surface area contributed by atoms with Crippen molar-refractivity contribution in [3.05, 3.63) is 42.7 Å². The number of aromatic nitrogens is 1. The van der Waals surface area contributed by atoms with Crippen LogP contribution in [0.5, 0.6) is 0 Å². The lowest BCUT2D eigenvalue weighted by Gasteiger charge is -1.94. The molecule has 0 aliphatic carbocycles. The molecule has 0 aromatic carbocycles. The van der Waals surface area contributed by atoms with Crippen molar-refractivity contribution in [2.75, 3.05) is 0 Å². The molecule has 0 unspecified atom stereocenters. The zero-order valence-electron chi connectivity index (χ0n) is 7.16. The van der Waals surface area contributed by atoms with Crippen molar-refractivity contribution in [3.63, 3.8) is 0 Å². The summed E-state index contributed by atoms with van der Waals surface area (Å²) in [5.74, 6) is -0.0764. The number of nitrogens with zero attached hydrogens (tertiary/aromatic N) is 1. The number of aryl methyl sites for hydroxylation is 1. The molecule has 0 amide bonds. The summed E-state index contributed by atoms with van der Waals surface area (Å²) >= 11 is 0. The molecule has 62 valence electrons. The molecule has 2 heteroatoms. The highest BCUT2D eigenvalue weighted by Crippen LogP contribution is 1.91. The van der Waals surface area contributed by atoms with Gasteiger partial charge in [0.15, 0.2) is 11.9 Å². The number of rotatable bonds is 2. The molecule has 1 aromatic rings. The summed E-state index contributed by atoms with van der Waals surface area (Å²) in [6.45, 7) is 5.46. The van der Waals surface area contributed by atoms with E-state index >= 15 is 0 Å². The van der Waals surface area contributed by atoms with E-state index in [1.807, 2.05) is 25.1 Å². The van der Waals surface area contributed by atoms with Crippen molar-refractivity contribution in [1.29, 1.82) is 0 Å². The maximum absolute atomic E-state index is 11.2. The third-order valence-electron chi connectivity index (χ3n) is 1.72. The molecule has 0 aliphatic heterocycles. The molecule has 0 saturated heterocycles. The van der Waals surface area contributed by atoms with Crippen molar-refractivity contribution in [1.82, 2.24) is 0 Å². The smallest absolute Gasteiger partial charge is 0.214 e. The Morgan fingerprint density at radius 2 is 2.42 bits per heavy atom. The largest absolute Gasteiger partial charge is 0.417 e. The van der Waals surface area contributed by atoms with Crippen LogP contribution in [0.1, 0.15) is 17.4 Å². The van der Waals surface area contributed by atoms with Gasteiger partial charge in [-0.2, -0.15) is 0 Å². The number of carbonyl (C=O) groups excluding carboxylic acids is 1. The first-order chi connectivity index (χ1) is 5.79. The Balaban J connectivity index is 3.13. The summed E-state index contributed by atoms with van der Waals surface area (Å²) in [7, 11) is 0. The summed E-state index contributed by atoms with van der Waals surface area (Å²) in [6.07, 6.45) is 3.92. The Kier molecular flexibility index (Phi) is 2.75. The summed E-state index contributed by atoms with van der Waals surface area (Å²) in [4.78, 5) is 11.2. The van der Waals surface area contributed by atoms with Crippen LogP contribution in [0.2, 0.25) is 0 Å². The minimum Gasteiger partial charge on any atom is -0.214 e. The van der Waals surface area contributed by atoms with Gasteiger partial charge in [-0.25, -0.2) is 4.79 Å². The van der Waals surface area contributed by atoms with Crippen LogP contribution in [-0.2, 0) is 6.42 Å². The summed E-state index contributed by atoms with van der Waals surface area (Å²) in [5, 5.41) is 0. The first kappa shape index (κ1) is 8.65. The average Bonchev–Trinajstić information content (AvgIpc) is 2.16. The summed E-state index contributed by atoms with van der Waals surface area (Å²) < 4.78 is 1.60. The molecule has 0 fully saturated rings. The van der Waals surface area contributed by atoms with Crippen molar-refractivity contribution in [3.8, 4) is 0 Å². The maximum Gasteiger partial charge on any atom is 0.417 e. The molecule has 0 N–H and O–H groups in total. The Hall–Kier alpha value is -1.44. The average molecular weight is 162 g/mol.